The van der Waals surface area contributed by atoms with Crippen LogP contribution in [0.25, 0.3) is 5.69 Å². The lowest BCUT2D eigenvalue weighted by Gasteiger charge is -2.08. The van der Waals surface area contributed by atoms with Crippen LogP contribution >= 0.6 is 0 Å². The molecule has 0 saturated heterocycles. The van der Waals surface area contributed by atoms with Crippen molar-refractivity contribution in [2.24, 2.45) is 0 Å². The van der Waals surface area contributed by atoms with E-state index in [4.69, 9.17) is 4.74 Å². The summed E-state index contributed by atoms with van der Waals surface area (Å²) in [5.41, 5.74) is 0.913. The average molecular weight is 326 g/mol. The Morgan fingerprint density at radius 3 is 2.54 bits per heavy atom. The monoisotopic (exact) mass is 326 g/mol. The predicted molar refractivity (Wildman–Crippen MR) is 80.2 cm³/mol. The van der Waals surface area contributed by atoms with Gasteiger partial charge in [-0.1, -0.05) is 12.1 Å². The third-order valence-electron chi connectivity index (χ3n) is 3.22. The number of tetrazole rings is 1. The second kappa shape index (κ2) is 6.78. The van der Waals surface area contributed by atoms with Gasteiger partial charge in [-0.25, -0.2) is 9.18 Å². The van der Waals surface area contributed by atoms with Crippen molar-refractivity contribution in [3.05, 3.63) is 71.8 Å². The summed E-state index contributed by atoms with van der Waals surface area (Å²) in [5, 5.41) is 10.8. The van der Waals surface area contributed by atoms with Gasteiger partial charge in [0, 0.05) is 5.56 Å². The Hall–Kier alpha value is -3.42. The van der Waals surface area contributed by atoms with Crippen molar-refractivity contribution in [2.75, 3.05) is 6.61 Å². The normalized spacial score (nSPS) is 10.4. The van der Waals surface area contributed by atoms with E-state index in [-0.39, 0.29) is 11.1 Å². The summed E-state index contributed by atoms with van der Waals surface area (Å²) in [4.78, 5) is 24.2. The first-order valence-electron chi connectivity index (χ1n) is 6.93. The molecule has 0 saturated carbocycles. The predicted octanol–water partition coefficient (Wildman–Crippen LogP) is 1.84. The van der Waals surface area contributed by atoms with E-state index in [9.17, 15) is 14.0 Å². The fourth-order valence-corrected chi connectivity index (χ4v) is 2.05. The van der Waals surface area contributed by atoms with Gasteiger partial charge in [0.15, 0.2) is 12.4 Å². The standard InChI is InChI=1S/C16H11FN4O3/c17-12-7-5-11(6-8-12)15(22)9-24-16(23)13-3-1-2-4-14(13)21-10-18-19-20-21/h1-8,10H,9H2. The Bertz CT molecular complexity index is 863. The van der Waals surface area contributed by atoms with E-state index in [0.717, 1.165) is 0 Å². The van der Waals surface area contributed by atoms with Crippen molar-refractivity contribution in [1.29, 1.82) is 0 Å². The van der Waals surface area contributed by atoms with Crippen molar-refractivity contribution in [3.63, 3.8) is 0 Å². The highest BCUT2D eigenvalue weighted by molar-refractivity contribution is 6.00. The highest BCUT2D eigenvalue weighted by Gasteiger charge is 2.16. The molecular formula is C16H11FN4O3. The maximum atomic E-state index is 12.8. The number of hydrogen-bond acceptors (Lipinski definition) is 6. The van der Waals surface area contributed by atoms with Crippen molar-refractivity contribution >= 4 is 11.8 Å². The first kappa shape index (κ1) is 15.5. The first-order valence-corrected chi connectivity index (χ1v) is 6.93. The van der Waals surface area contributed by atoms with Crippen LogP contribution in [0.2, 0.25) is 0 Å². The summed E-state index contributed by atoms with van der Waals surface area (Å²) < 4.78 is 19.2. The minimum atomic E-state index is -0.684. The zero-order valence-corrected chi connectivity index (χ0v) is 12.3. The molecule has 1 heterocycles. The number of aromatic nitrogens is 4. The molecule has 3 aromatic rings. The van der Waals surface area contributed by atoms with E-state index < -0.39 is 24.2 Å². The number of esters is 1. The van der Waals surface area contributed by atoms with Crippen molar-refractivity contribution in [2.45, 2.75) is 0 Å². The number of nitrogens with zero attached hydrogens (tertiary/aromatic N) is 4. The van der Waals surface area contributed by atoms with Gasteiger partial charge >= 0.3 is 5.97 Å². The van der Waals surface area contributed by atoms with Crippen LogP contribution in [0.5, 0.6) is 0 Å². The summed E-state index contributed by atoms with van der Waals surface area (Å²) in [6, 6.07) is 11.6. The first-order chi connectivity index (χ1) is 11.6. The summed E-state index contributed by atoms with van der Waals surface area (Å²) in [6.07, 6.45) is 1.34. The van der Waals surface area contributed by atoms with Crippen LogP contribution < -0.4 is 0 Å². The Labute approximate surface area is 135 Å². The van der Waals surface area contributed by atoms with Gasteiger partial charge in [0.1, 0.15) is 12.1 Å². The molecule has 0 atom stereocenters. The highest BCUT2D eigenvalue weighted by atomic mass is 19.1. The number of ether oxygens (including phenoxy) is 1. The second-order valence-electron chi connectivity index (χ2n) is 4.78. The Morgan fingerprint density at radius 2 is 1.83 bits per heavy atom. The lowest BCUT2D eigenvalue weighted by Crippen LogP contribution is -2.16. The molecule has 0 aliphatic heterocycles. The quantitative estimate of drug-likeness (QED) is 0.525. The molecule has 0 bridgehead atoms. The van der Waals surface area contributed by atoms with E-state index >= 15 is 0 Å². The molecular weight excluding hydrogens is 315 g/mol. The fourth-order valence-electron chi connectivity index (χ4n) is 2.05. The average Bonchev–Trinajstić information content (AvgIpc) is 3.14. The highest BCUT2D eigenvalue weighted by Crippen LogP contribution is 2.14. The van der Waals surface area contributed by atoms with Crippen LogP contribution in [0.1, 0.15) is 20.7 Å². The molecule has 0 radical (unpaired) electrons. The largest absolute Gasteiger partial charge is 0.454 e. The van der Waals surface area contributed by atoms with E-state index in [1.165, 1.54) is 35.3 Å². The van der Waals surface area contributed by atoms with Crippen LogP contribution in [0.4, 0.5) is 4.39 Å². The van der Waals surface area contributed by atoms with Crippen molar-refractivity contribution in [1.82, 2.24) is 20.2 Å². The second-order valence-corrected chi connectivity index (χ2v) is 4.78. The molecule has 3 rings (SSSR count). The molecule has 0 amide bonds. The van der Waals surface area contributed by atoms with Crippen molar-refractivity contribution in [3.8, 4) is 5.69 Å². The Morgan fingerprint density at radius 1 is 1.08 bits per heavy atom. The summed E-state index contributed by atoms with van der Waals surface area (Å²) >= 11 is 0. The zero-order chi connectivity index (χ0) is 16.9. The molecule has 0 N–H and O–H groups in total. The van der Waals surface area contributed by atoms with Crippen molar-refractivity contribution < 1.29 is 18.7 Å². The van der Waals surface area contributed by atoms with Gasteiger partial charge < -0.3 is 4.74 Å². The number of ketones is 1. The third kappa shape index (κ3) is 3.32. The third-order valence-corrected chi connectivity index (χ3v) is 3.22. The molecule has 2 aromatic carbocycles. The number of rotatable bonds is 5. The summed E-state index contributed by atoms with van der Waals surface area (Å²) in [5.74, 6) is -1.56. The number of carbonyl (C=O) groups excluding carboxylic acids is 2. The molecule has 0 aliphatic carbocycles. The molecule has 7 nitrogen and oxygen atoms in total. The Balaban J connectivity index is 1.72. The molecule has 8 heteroatoms. The van der Waals surface area contributed by atoms with Crippen LogP contribution in [-0.4, -0.2) is 38.6 Å². The van der Waals surface area contributed by atoms with Gasteiger partial charge in [-0.2, -0.15) is 4.68 Å². The van der Waals surface area contributed by atoms with E-state index in [1.807, 2.05) is 0 Å². The molecule has 24 heavy (non-hydrogen) atoms. The van der Waals surface area contributed by atoms with Gasteiger partial charge in [0.25, 0.3) is 0 Å². The lowest BCUT2D eigenvalue weighted by atomic mass is 10.1. The number of hydrogen-bond donors (Lipinski definition) is 0. The van der Waals surface area contributed by atoms with Gasteiger partial charge in [-0.15, -0.1) is 5.10 Å². The van der Waals surface area contributed by atoms with E-state index in [2.05, 4.69) is 15.5 Å². The number of halogens is 1. The molecule has 0 spiro atoms. The van der Waals surface area contributed by atoms with Crippen LogP contribution in [0.15, 0.2) is 54.9 Å². The van der Waals surface area contributed by atoms with Gasteiger partial charge in [0.2, 0.25) is 0 Å². The minimum absolute atomic E-state index is 0.219. The summed E-state index contributed by atoms with van der Waals surface area (Å²) in [7, 11) is 0. The van der Waals surface area contributed by atoms with Crippen LogP contribution in [-0.2, 0) is 4.74 Å². The summed E-state index contributed by atoms with van der Waals surface area (Å²) in [6.45, 7) is -0.450. The molecule has 0 aliphatic rings. The molecule has 0 fully saturated rings. The number of benzene rings is 2. The molecule has 1 aromatic heterocycles. The van der Waals surface area contributed by atoms with Gasteiger partial charge in [-0.05, 0) is 46.8 Å². The van der Waals surface area contributed by atoms with Crippen LogP contribution in [0.3, 0.4) is 0 Å². The van der Waals surface area contributed by atoms with Crippen LogP contribution in [0, 0.1) is 5.82 Å². The maximum absolute atomic E-state index is 12.8. The topological polar surface area (TPSA) is 87.0 Å². The number of para-hydroxylation sites is 1. The zero-order valence-electron chi connectivity index (χ0n) is 12.3. The smallest absolute Gasteiger partial charge is 0.340 e. The maximum Gasteiger partial charge on any atom is 0.340 e. The number of Topliss-reactive ketones (excluding diaryl/α,β-unsaturated/α-hetero) is 1. The molecule has 0 unspecified atom stereocenters. The fraction of sp³-hybridized carbons (Fsp3) is 0.0625. The van der Waals surface area contributed by atoms with E-state index in [0.29, 0.717) is 5.69 Å². The van der Waals surface area contributed by atoms with Gasteiger partial charge in [0.05, 0.1) is 11.3 Å². The molecule has 120 valence electrons. The minimum Gasteiger partial charge on any atom is -0.454 e. The lowest BCUT2D eigenvalue weighted by molar-refractivity contribution is 0.0474. The number of carbonyl (C=O) groups is 2. The Kier molecular flexibility index (Phi) is 4.37. The SMILES string of the molecule is O=C(COC(=O)c1ccccc1-n1cnnn1)c1ccc(F)cc1. The van der Waals surface area contributed by atoms with Gasteiger partial charge in [-0.3, -0.25) is 4.79 Å². The van der Waals surface area contributed by atoms with E-state index in [1.54, 1.807) is 24.3 Å².